The van der Waals surface area contributed by atoms with Crippen LogP contribution in [-0.2, 0) is 0 Å². The fourth-order valence-corrected chi connectivity index (χ4v) is 0.891. The molecule has 0 bridgehead atoms. The van der Waals surface area contributed by atoms with Gasteiger partial charge in [-0.15, -0.1) is 0 Å². The average Bonchev–Trinajstić information content (AvgIpc) is 2.12. The second kappa shape index (κ2) is 5.64. The standard InChI is InChI=1S/C11H19N/c1-6-9(4)11(8-3)12-10(5)7-2/h6,12H,1,5,7-8H2,2-4H3/b11-9+. The molecule has 0 aliphatic heterocycles. The van der Waals surface area contributed by atoms with Crippen LogP contribution in [0.3, 0.4) is 0 Å². The predicted octanol–water partition coefficient (Wildman–Crippen LogP) is 3.37. The van der Waals surface area contributed by atoms with Crippen LogP contribution in [0.2, 0.25) is 0 Å². The Morgan fingerprint density at radius 1 is 1.33 bits per heavy atom. The molecule has 0 aliphatic rings. The Kier molecular flexibility index (Phi) is 5.18. The van der Waals surface area contributed by atoms with Gasteiger partial charge in [-0.05, 0) is 25.3 Å². The highest BCUT2D eigenvalue weighted by Gasteiger charge is 1.97. The Balaban J connectivity index is 4.37. The van der Waals surface area contributed by atoms with E-state index in [-0.39, 0.29) is 0 Å². The Labute approximate surface area is 75.9 Å². The summed E-state index contributed by atoms with van der Waals surface area (Å²) in [5.41, 5.74) is 3.48. The molecule has 0 saturated carbocycles. The molecule has 0 fully saturated rings. The van der Waals surface area contributed by atoms with E-state index in [1.165, 1.54) is 11.3 Å². The van der Waals surface area contributed by atoms with Gasteiger partial charge in [0, 0.05) is 11.4 Å². The number of nitrogens with one attached hydrogen (secondary N) is 1. The summed E-state index contributed by atoms with van der Waals surface area (Å²) < 4.78 is 0. The van der Waals surface area contributed by atoms with E-state index in [4.69, 9.17) is 0 Å². The molecular weight excluding hydrogens is 146 g/mol. The molecule has 68 valence electrons. The van der Waals surface area contributed by atoms with Gasteiger partial charge < -0.3 is 5.32 Å². The van der Waals surface area contributed by atoms with E-state index >= 15 is 0 Å². The minimum atomic E-state index is 0.966. The van der Waals surface area contributed by atoms with Gasteiger partial charge in [-0.25, -0.2) is 0 Å². The fraction of sp³-hybridized carbons (Fsp3) is 0.455. The van der Waals surface area contributed by atoms with Crippen LogP contribution in [0.25, 0.3) is 0 Å². The molecule has 0 atom stereocenters. The van der Waals surface area contributed by atoms with Crippen molar-refractivity contribution >= 4 is 0 Å². The smallest absolute Gasteiger partial charge is 0.0175 e. The molecule has 0 heterocycles. The van der Waals surface area contributed by atoms with E-state index in [2.05, 4.69) is 39.2 Å². The molecule has 0 radical (unpaired) electrons. The first-order chi connectivity index (χ1) is 5.65. The molecular formula is C11H19N. The van der Waals surface area contributed by atoms with Crippen molar-refractivity contribution in [2.24, 2.45) is 0 Å². The third-order valence-electron chi connectivity index (χ3n) is 1.89. The number of hydrogen-bond acceptors (Lipinski definition) is 1. The van der Waals surface area contributed by atoms with Gasteiger partial charge in [0.25, 0.3) is 0 Å². The van der Waals surface area contributed by atoms with Crippen molar-refractivity contribution in [2.75, 3.05) is 0 Å². The van der Waals surface area contributed by atoms with Crippen LogP contribution in [0.15, 0.2) is 36.2 Å². The Morgan fingerprint density at radius 2 is 1.92 bits per heavy atom. The monoisotopic (exact) mass is 165 g/mol. The first-order valence-electron chi connectivity index (χ1n) is 4.42. The van der Waals surface area contributed by atoms with Crippen LogP contribution >= 0.6 is 0 Å². The molecule has 0 aromatic heterocycles. The molecule has 0 amide bonds. The topological polar surface area (TPSA) is 12.0 Å². The zero-order chi connectivity index (χ0) is 9.56. The van der Waals surface area contributed by atoms with Gasteiger partial charge >= 0.3 is 0 Å². The molecule has 1 nitrogen and oxygen atoms in total. The van der Waals surface area contributed by atoms with Crippen molar-refractivity contribution in [3.63, 3.8) is 0 Å². The van der Waals surface area contributed by atoms with E-state index in [9.17, 15) is 0 Å². The van der Waals surface area contributed by atoms with E-state index in [1.54, 1.807) is 0 Å². The quantitative estimate of drug-likeness (QED) is 0.616. The summed E-state index contributed by atoms with van der Waals surface area (Å²) in [6.45, 7) is 13.9. The van der Waals surface area contributed by atoms with E-state index in [0.29, 0.717) is 0 Å². The normalized spacial score (nSPS) is 11.9. The van der Waals surface area contributed by atoms with Gasteiger partial charge in [0.2, 0.25) is 0 Å². The van der Waals surface area contributed by atoms with Gasteiger partial charge in [0.05, 0.1) is 0 Å². The van der Waals surface area contributed by atoms with Crippen LogP contribution in [0.1, 0.15) is 33.6 Å². The van der Waals surface area contributed by atoms with Crippen molar-refractivity contribution in [2.45, 2.75) is 33.6 Å². The zero-order valence-corrected chi connectivity index (χ0v) is 8.41. The molecule has 0 spiro atoms. The maximum atomic E-state index is 3.90. The van der Waals surface area contributed by atoms with Gasteiger partial charge in [-0.1, -0.05) is 33.1 Å². The Bertz CT molecular complexity index is 199. The van der Waals surface area contributed by atoms with Gasteiger partial charge in [0.15, 0.2) is 0 Å². The molecule has 0 unspecified atom stereocenters. The number of rotatable bonds is 5. The lowest BCUT2D eigenvalue weighted by Crippen LogP contribution is -2.12. The van der Waals surface area contributed by atoms with Crippen molar-refractivity contribution in [3.05, 3.63) is 36.2 Å². The van der Waals surface area contributed by atoms with Gasteiger partial charge in [-0.2, -0.15) is 0 Å². The zero-order valence-electron chi connectivity index (χ0n) is 8.41. The molecule has 0 aromatic rings. The molecule has 1 heteroatoms. The highest BCUT2D eigenvalue weighted by molar-refractivity contribution is 5.23. The van der Waals surface area contributed by atoms with Crippen molar-refractivity contribution < 1.29 is 0 Å². The minimum absolute atomic E-state index is 0.966. The number of allylic oxidation sites excluding steroid dienone is 4. The summed E-state index contributed by atoms with van der Waals surface area (Å²) in [5, 5.41) is 3.28. The van der Waals surface area contributed by atoms with Crippen LogP contribution in [-0.4, -0.2) is 0 Å². The molecule has 0 rings (SSSR count). The van der Waals surface area contributed by atoms with Gasteiger partial charge in [0.1, 0.15) is 0 Å². The van der Waals surface area contributed by atoms with Gasteiger partial charge in [-0.3, -0.25) is 0 Å². The second-order valence-corrected chi connectivity index (χ2v) is 2.80. The van der Waals surface area contributed by atoms with Crippen molar-refractivity contribution in [3.8, 4) is 0 Å². The summed E-state index contributed by atoms with van der Waals surface area (Å²) in [6, 6.07) is 0. The van der Waals surface area contributed by atoms with Crippen molar-refractivity contribution in [1.29, 1.82) is 0 Å². The summed E-state index contributed by atoms with van der Waals surface area (Å²) in [7, 11) is 0. The third-order valence-corrected chi connectivity index (χ3v) is 1.89. The fourth-order valence-electron chi connectivity index (χ4n) is 0.891. The summed E-state index contributed by atoms with van der Waals surface area (Å²) in [4.78, 5) is 0. The second-order valence-electron chi connectivity index (χ2n) is 2.80. The molecule has 0 aromatic carbocycles. The lowest BCUT2D eigenvalue weighted by atomic mass is 10.2. The van der Waals surface area contributed by atoms with E-state index in [1.807, 2.05) is 6.08 Å². The average molecular weight is 165 g/mol. The summed E-state index contributed by atoms with van der Waals surface area (Å²) in [5.74, 6) is 0. The molecule has 1 N–H and O–H groups in total. The number of hydrogen-bond donors (Lipinski definition) is 1. The van der Waals surface area contributed by atoms with Crippen LogP contribution in [0.4, 0.5) is 0 Å². The Morgan fingerprint density at radius 3 is 2.25 bits per heavy atom. The maximum Gasteiger partial charge on any atom is 0.0175 e. The molecule has 0 aliphatic carbocycles. The summed E-state index contributed by atoms with van der Waals surface area (Å²) >= 11 is 0. The SMILES string of the molecule is C=C/C(C)=C(\CC)NC(=C)CC. The highest BCUT2D eigenvalue weighted by atomic mass is 14.9. The van der Waals surface area contributed by atoms with E-state index in [0.717, 1.165) is 18.5 Å². The maximum absolute atomic E-state index is 3.90. The molecule has 0 saturated heterocycles. The minimum Gasteiger partial charge on any atom is -0.363 e. The van der Waals surface area contributed by atoms with Crippen LogP contribution < -0.4 is 5.32 Å². The summed E-state index contributed by atoms with van der Waals surface area (Å²) in [6.07, 6.45) is 3.83. The highest BCUT2D eigenvalue weighted by Crippen LogP contribution is 2.08. The third kappa shape index (κ3) is 3.42. The first-order valence-corrected chi connectivity index (χ1v) is 4.42. The lowest BCUT2D eigenvalue weighted by molar-refractivity contribution is 0.837. The first kappa shape index (κ1) is 11.0. The lowest BCUT2D eigenvalue weighted by Gasteiger charge is -2.12. The van der Waals surface area contributed by atoms with Crippen LogP contribution in [0.5, 0.6) is 0 Å². The van der Waals surface area contributed by atoms with E-state index < -0.39 is 0 Å². The van der Waals surface area contributed by atoms with Crippen molar-refractivity contribution in [1.82, 2.24) is 5.32 Å². The predicted molar refractivity (Wildman–Crippen MR) is 55.8 cm³/mol. The molecule has 12 heavy (non-hydrogen) atoms. The largest absolute Gasteiger partial charge is 0.363 e. The van der Waals surface area contributed by atoms with Crippen LogP contribution in [0, 0.1) is 0 Å². The Hall–Kier alpha value is -0.980.